The molecule has 1 aliphatic rings. The van der Waals surface area contributed by atoms with E-state index in [0.29, 0.717) is 0 Å². The molecule has 1 aromatic rings. The maximum atomic E-state index is 10.6. The van der Waals surface area contributed by atoms with Crippen LogP contribution in [0.3, 0.4) is 0 Å². The van der Waals surface area contributed by atoms with Crippen LogP contribution in [0.1, 0.15) is 0 Å². The number of hydrogen-bond acceptors (Lipinski definition) is 11. The van der Waals surface area contributed by atoms with Gasteiger partial charge in [0.1, 0.15) is 30.2 Å². The molecular formula is C12H14NNaO11S. The fourth-order valence-corrected chi connectivity index (χ4v) is 2.38. The summed E-state index contributed by atoms with van der Waals surface area (Å²) in [4.78, 5) is 9.95. The largest absolute Gasteiger partial charge is 1.00 e. The summed E-state index contributed by atoms with van der Waals surface area (Å²) in [7, 11) is -5.06. The molecule has 12 nitrogen and oxygen atoms in total. The molecule has 3 N–H and O–H groups in total. The van der Waals surface area contributed by atoms with Crippen LogP contribution in [0.4, 0.5) is 5.69 Å². The van der Waals surface area contributed by atoms with Crippen LogP contribution in [0, 0.1) is 10.1 Å². The van der Waals surface area contributed by atoms with Crippen molar-refractivity contribution in [1.29, 1.82) is 0 Å². The molecule has 0 aliphatic carbocycles. The summed E-state index contributed by atoms with van der Waals surface area (Å²) in [5, 5.41) is 40.0. The first-order chi connectivity index (χ1) is 11.6. The Morgan fingerprint density at radius 3 is 2.19 bits per heavy atom. The maximum absolute atomic E-state index is 10.6. The zero-order valence-electron chi connectivity index (χ0n) is 13.4. The van der Waals surface area contributed by atoms with E-state index in [9.17, 15) is 38.4 Å². The second kappa shape index (κ2) is 9.36. The van der Waals surface area contributed by atoms with E-state index >= 15 is 0 Å². The Hall–Kier alpha value is -0.870. The van der Waals surface area contributed by atoms with Gasteiger partial charge in [-0.3, -0.25) is 14.3 Å². The van der Waals surface area contributed by atoms with Crippen LogP contribution in [0.2, 0.25) is 0 Å². The number of nitro benzene ring substituents is 1. The van der Waals surface area contributed by atoms with Crippen molar-refractivity contribution in [2.45, 2.75) is 30.7 Å². The Morgan fingerprint density at radius 1 is 1.12 bits per heavy atom. The predicted molar refractivity (Wildman–Crippen MR) is 76.1 cm³/mol. The van der Waals surface area contributed by atoms with Crippen LogP contribution in [-0.4, -0.2) is 70.5 Å². The fourth-order valence-electron chi connectivity index (χ4n) is 2.08. The molecule has 14 heteroatoms. The number of ether oxygens (including phenoxy) is 2. The van der Waals surface area contributed by atoms with Gasteiger partial charge in [0, 0.05) is 12.1 Å². The normalized spacial score (nSPS) is 28.8. The third-order valence-electron chi connectivity index (χ3n) is 3.34. The van der Waals surface area contributed by atoms with Crippen molar-refractivity contribution in [3.05, 3.63) is 34.4 Å². The van der Waals surface area contributed by atoms with Gasteiger partial charge < -0.3 is 29.3 Å². The molecule has 0 unspecified atom stereocenters. The van der Waals surface area contributed by atoms with Crippen molar-refractivity contribution in [1.82, 2.24) is 0 Å². The number of hydrogen-bond donors (Lipinski definition) is 3. The smallest absolute Gasteiger partial charge is 0.726 e. The van der Waals surface area contributed by atoms with Gasteiger partial charge in [-0.2, -0.15) is 0 Å². The first-order valence-electron chi connectivity index (χ1n) is 6.79. The molecule has 26 heavy (non-hydrogen) atoms. The third-order valence-corrected chi connectivity index (χ3v) is 3.77. The van der Waals surface area contributed by atoms with E-state index in [4.69, 9.17) is 9.47 Å². The summed E-state index contributed by atoms with van der Waals surface area (Å²) in [6.45, 7) is -0.906. The summed E-state index contributed by atoms with van der Waals surface area (Å²) in [6, 6.07) is 4.67. The number of nitrogens with zero attached hydrogens (tertiary/aromatic N) is 1. The Kier molecular flexibility index (Phi) is 8.34. The zero-order valence-corrected chi connectivity index (χ0v) is 16.2. The molecule has 2 rings (SSSR count). The van der Waals surface area contributed by atoms with Gasteiger partial charge in [-0.1, -0.05) is 0 Å². The minimum Gasteiger partial charge on any atom is -0.726 e. The van der Waals surface area contributed by atoms with Gasteiger partial charge >= 0.3 is 29.6 Å². The van der Waals surface area contributed by atoms with Gasteiger partial charge in [0.15, 0.2) is 0 Å². The van der Waals surface area contributed by atoms with E-state index in [-0.39, 0.29) is 41.0 Å². The average molecular weight is 403 g/mol. The number of non-ortho nitro benzene ring substituents is 1. The van der Waals surface area contributed by atoms with E-state index in [1.165, 1.54) is 12.1 Å². The van der Waals surface area contributed by atoms with E-state index in [1.54, 1.807) is 0 Å². The molecule has 0 spiro atoms. The molecule has 0 aromatic heterocycles. The quantitative estimate of drug-likeness (QED) is 0.136. The predicted octanol–water partition coefficient (Wildman–Crippen LogP) is -4.74. The second-order valence-electron chi connectivity index (χ2n) is 5.08. The number of benzene rings is 1. The Balaban J connectivity index is 0.00000338. The summed E-state index contributed by atoms with van der Waals surface area (Å²) < 4.78 is 45.7. The van der Waals surface area contributed by atoms with Crippen molar-refractivity contribution >= 4 is 16.1 Å². The number of nitro groups is 1. The fraction of sp³-hybridized carbons (Fsp3) is 0.500. The van der Waals surface area contributed by atoms with Crippen LogP contribution in [-0.2, 0) is 19.3 Å². The van der Waals surface area contributed by atoms with Crippen LogP contribution in [0.5, 0.6) is 5.75 Å². The van der Waals surface area contributed by atoms with Crippen molar-refractivity contribution in [2.24, 2.45) is 0 Å². The van der Waals surface area contributed by atoms with Crippen LogP contribution in [0.15, 0.2) is 24.3 Å². The van der Waals surface area contributed by atoms with Gasteiger partial charge in [-0.15, -0.1) is 0 Å². The van der Waals surface area contributed by atoms with Gasteiger partial charge in [-0.05, 0) is 12.1 Å². The molecule has 1 fully saturated rings. The molecule has 0 saturated carbocycles. The topological polar surface area (TPSA) is 189 Å². The number of aliphatic hydroxyl groups is 3. The summed E-state index contributed by atoms with van der Waals surface area (Å²) in [5.41, 5.74) is -0.208. The average Bonchev–Trinajstić information content (AvgIpc) is 2.54. The van der Waals surface area contributed by atoms with Gasteiger partial charge in [0.25, 0.3) is 5.69 Å². The molecule has 1 aliphatic heterocycles. The SMILES string of the molecule is O=[N+]([O-])c1ccc(O[C@@H]2O[C@H](COS(=O)(=O)[O-])[C@@H](O)[C@H](O)[C@H]2O)cc1.[Na+]. The summed E-state index contributed by atoms with van der Waals surface area (Å²) >= 11 is 0. The van der Waals surface area contributed by atoms with E-state index in [1.807, 2.05) is 0 Å². The standard InChI is InChI=1S/C12H15NO11S.Na/c14-9-8(5-22-25(19,20)21)24-12(11(16)10(9)15)23-7-3-1-6(2-4-7)13(17)18;/h1-4,8-12,14-16H,5H2,(H,19,20,21);/q;+1/p-1/t8-,9-,10+,11-,12-;/m1./s1. The molecular weight excluding hydrogens is 389 g/mol. The number of aliphatic hydroxyl groups excluding tert-OH is 3. The molecule has 140 valence electrons. The molecule has 1 aromatic carbocycles. The third kappa shape index (κ3) is 6.09. The summed E-state index contributed by atoms with van der Waals surface area (Å²) in [6.07, 6.45) is -8.27. The summed E-state index contributed by atoms with van der Waals surface area (Å²) in [5.74, 6) is 0.0364. The molecule has 0 bridgehead atoms. The van der Waals surface area contributed by atoms with Crippen molar-refractivity contribution in [3.63, 3.8) is 0 Å². The van der Waals surface area contributed by atoms with Crippen molar-refractivity contribution in [2.75, 3.05) is 6.61 Å². The van der Waals surface area contributed by atoms with E-state index in [0.717, 1.165) is 12.1 Å². The van der Waals surface area contributed by atoms with Gasteiger partial charge in [0.05, 0.1) is 11.5 Å². The van der Waals surface area contributed by atoms with Crippen molar-refractivity contribution < 1.29 is 76.4 Å². The molecule has 0 amide bonds. The first kappa shape index (κ1) is 23.2. The van der Waals surface area contributed by atoms with Crippen LogP contribution in [0.25, 0.3) is 0 Å². The minimum absolute atomic E-state index is 0. The monoisotopic (exact) mass is 403 g/mol. The number of rotatable bonds is 6. The van der Waals surface area contributed by atoms with E-state index in [2.05, 4.69) is 4.18 Å². The first-order valence-corrected chi connectivity index (χ1v) is 8.13. The second-order valence-corrected chi connectivity index (χ2v) is 6.13. The van der Waals surface area contributed by atoms with Crippen LogP contribution >= 0.6 is 0 Å². The molecule has 1 heterocycles. The molecule has 0 radical (unpaired) electrons. The van der Waals surface area contributed by atoms with Gasteiger partial charge in [0.2, 0.25) is 16.7 Å². The van der Waals surface area contributed by atoms with Gasteiger partial charge in [-0.25, -0.2) is 8.42 Å². The minimum atomic E-state index is -5.06. The molecule has 1 saturated heterocycles. The maximum Gasteiger partial charge on any atom is 1.00 e. The van der Waals surface area contributed by atoms with E-state index < -0.39 is 52.6 Å². The molecule has 5 atom stereocenters. The Labute approximate surface area is 169 Å². The van der Waals surface area contributed by atoms with Crippen LogP contribution < -0.4 is 34.3 Å². The Morgan fingerprint density at radius 2 is 1.69 bits per heavy atom. The zero-order chi connectivity index (χ0) is 18.8. The van der Waals surface area contributed by atoms with Crippen molar-refractivity contribution in [3.8, 4) is 5.75 Å². The Bertz CT molecular complexity index is 712.